The number of imidazole rings is 1. The number of aliphatic carboxylic acids is 1. The van der Waals surface area contributed by atoms with Crippen molar-refractivity contribution in [3.05, 3.63) is 70.0 Å². The number of halogens is 1. The second kappa shape index (κ2) is 7.79. The van der Waals surface area contributed by atoms with Gasteiger partial charge >= 0.3 is 12.1 Å². The van der Waals surface area contributed by atoms with Gasteiger partial charge in [0.25, 0.3) is 0 Å². The first-order valence-electron chi connectivity index (χ1n) is 9.91. The van der Waals surface area contributed by atoms with Crippen molar-refractivity contribution >= 4 is 38.9 Å². The normalized spacial score (nSPS) is 15.7. The van der Waals surface area contributed by atoms with Crippen LogP contribution in [0.4, 0.5) is 4.79 Å². The number of carboxylic acid groups (broad SMARTS) is 2. The highest BCUT2D eigenvalue weighted by molar-refractivity contribution is 9.10. The van der Waals surface area contributed by atoms with Crippen molar-refractivity contribution in [1.82, 2.24) is 24.6 Å². The number of carbonyl (C=O) groups is 2. The molecule has 3 heterocycles. The van der Waals surface area contributed by atoms with Crippen LogP contribution in [0.25, 0.3) is 22.4 Å². The summed E-state index contributed by atoms with van der Waals surface area (Å²) in [6.45, 7) is 0.393. The smallest absolute Gasteiger partial charge is 0.408 e. The third kappa shape index (κ3) is 3.42. The average molecular weight is 496 g/mol. The Morgan fingerprint density at radius 1 is 1.16 bits per heavy atom. The Balaban J connectivity index is 1.69. The Morgan fingerprint density at radius 3 is 2.66 bits per heavy atom. The van der Waals surface area contributed by atoms with E-state index in [0.29, 0.717) is 29.5 Å². The third-order valence-corrected chi connectivity index (χ3v) is 6.18. The van der Waals surface area contributed by atoms with E-state index in [0.717, 1.165) is 25.8 Å². The Kier molecular flexibility index (Phi) is 4.93. The number of amides is 1. The fourth-order valence-corrected chi connectivity index (χ4v) is 4.50. The number of aromatic amines is 1. The highest BCUT2D eigenvalue weighted by Crippen LogP contribution is 2.33. The van der Waals surface area contributed by atoms with Crippen LogP contribution in [0.2, 0.25) is 0 Å². The molecule has 1 atom stereocenters. The third-order valence-electron chi connectivity index (χ3n) is 5.69. The molecule has 32 heavy (non-hydrogen) atoms. The Morgan fingerprint density at radius 2 is 1.94 bits per heavy atom. The topological polar surface area (TPSA) is 124 Å². The van der Waals surface area contributed by atoms with Crippen LogP contribution in [0.1, 0.15) is 17.0 Å². The minimum atomic E-state index is -1.27. The van der Waals surface area contributed by atoms with Crippen LogP contribution in [0, 0.1) is 0 Å². The molecule has 1 unspecified atom stereocenters. The van der Waals surface area contributed by atoms with Gasteiger partial charge in [-0.1, -0.05) is 46.3 Å². The second-order valence-corrected chi connectivity index (χ2v) is 8.55. The van der Waals surface area contributed by atoms with Crippen LogP contribution in [-0.2, 0) is 24.3 Å². The van der Waals surface area contributed by atoms with Gasteiger partial charge in [-0.2, -0.15) is 5.10 Å². The van der Waals surface area contributed by atoms with Crippen LogP contribution in [0.3, 0.4) is 0 Å². The maximum absolute atomic E-state index is 11.8. The largest absolute Gasteiger partial charge is 0.480 e. The van der Waals surface area contributed by atoms with E-state index in [9.17, 15) is 19.8 Å². The van der Waals surface area contributed by atoms with Crippen molar-refractivity contribution in [2.24, 2.45) is 0 Å². The first kappa shape index (κ1) is 20.3. The molecule has 1 amide bonds. The molecule has 0 saturated carbocycles. The molecule has 10 heteroatoms. The standard InChI is InChI=1S/C22H18BrN5O4/c23-13-6-7-14-15(8-13)25-26-19(14)20-24-16-9-17(21(29)30)28(22(31)32)11-18(16)27(20)10-12-4-2-1-3-5-12/h1-8,17H,9-11H2,(H,25,26)(H,29,30)(H,31,32). The van der Waals surface area contributed by atoms with Gasteiger partial charge in [0.15, 0.2) is 5.82 Å². The second-order valence-electron chi connectivity index (χ2n) is 7.63. The van der Waals surface area contributed by atoms with E-state index in [1.54, 1.807) is 0 Å². The Hall–Kier alpha value is -3.66. The highest BCUT2D eigenvalue weighted by atomic mass is 79.9. The predicted octanol–water partition coefficient (Wildman–Crippen LogP) is 3.73. The summed E-state index contributed by atoms with van der Waals surface area (Å²) in [7, 11) is 0. The van der Waals surface area contributed by atoms with Crippen molar-refractivity contribution in [1.29, 1.82) is 0 Å². The van der Waals surface area contributed by atoms with Gasteiger partial charge in [0.05, 0.1) is 23.4 Å². The van der Waals surface area contributed by atoms with E-state index in [4.69, 9.17) is 4.98 Å². The predicted molar refractivity (Wildman–Crippen MR) is 119 cm³/mol. The van der Waals surface area contributed by atoms with Crippen molar-refractivity contribution in [3.63, 3.8) is 0 Å². The molecule has 0 aliphatic carbocycles. The summed E-state index contributed by atoms with van der Waals surface area (Å²) < 4.78 is 2.85. The molecule has 2 aromatic heterocycles. The van der Waals surface area contributed by atoms with E-state index in [2.05, 4.69) is 26.1 Å². The molecule has 0 radical (unpaired) electrons. The maximum atomic E-state index is 11.8. The summed E-state index contributed by atoms with van der Waals surface area (Å²) in [4.78, 5) is 29.3. The van der Waals surface area contributed by atoms with Crippen molar-refractivity contribution in [2.75, 3.05) is 0 Å². The minimum Gasteiger partial charge on any atom is -0.480 e. The Labute approximate surface area is 190 Å². The van der Waals surface area contributed by atoms with Gasteiger partial charge in [0.2, 0.25) is 0 Å². The molecule has 5 rings (SSSR count). The summed E-state index contributed by atoms with van der Waals surface area (Å²) in [6.07, 6.45) is -1.27. The number of fused-ring (bicyclic) bond motifs is 2. The number of nitrogens with zero attached hydrogens (tertiary/aromatic N) is 4. The molecular formula is C22H18BrN5O4. The van der Waals surface area contributed by atoms with Crippen molar-refractivity contribution in [3.8, 4) is 11.5 Å². The summed E-state index contributed by atoms with van der Waals surface area (Å²) in [5.74, 6) is -0.615. The SMILES string of the molecule is O=C(O)C1Cc2nc(-c3n[nH]c4cc(Br)ccc34)n(Cc3ccccc3)c2CN1C(=O)O. The first-order valence-corrected chi connectivity index (χ1v) is 10.7. The molecule has 9 nitrogen and oxygen atoms in total. The van der Waals surface area contributed by atoms with Gasteiger partial charge in [0, 0.05) is 22.8 Å². The fourth-order valence-electron chi connectivity index (χ4n) is 4.14. The number of benzene rings is 2. The number of nitrogens with one attached hydrogen (secondary N) is 1. The van der Waals surface area contributed by atoms with Crippen LogP contribution in [-0.4, -0.2) is 53.0 Å². The summed E-state index contributed by atoms with van der Waals surface area (Å²) >= 11 is 3.46. The quantitative estimate of drug-likeness (QED) is 0.396. The van der Waals surface area contributed by atoms with Gasteiger partial charge in [-0.3, -0.25) is 10.00 Å². The summed E-state index contributed by atoms with van der Waals surface area (Å²) in [5.41, 5.74) is 3.73. The molecule has 0 spiro atoms. The molecule has 1 aliphatic heterocycles. The zero-order valence-corrected chi connectivity index (χ0v) is 18.3. The van der Waals surface area contributed by atoms with Crippen molar-refractivity contribution in [2.45, 2.75) is 25.6 Å². The lowest BCUT2D eigenvalue weighted by Gasteiger charge is -2.30. The zero-order chi connectivity index (χ0) is 22.4. The molecule has 162 valence electrons. The molecule has 2 aromatic carbocycles. The monoisotopic (exact) mass is 495 g/mol. The summed E-state index contributed by atoms with van der Waals surface area (Å²) in [5, 5.41) is 27.6. The Bertz CT molecular complexity index is 1350. The van der Waals surface area contributed by atoms with Gasteiger partial charge in [-0.15, -0.1) is 0 Å². The van der Waals surface area contributed by atoms with Gasteiger partial charge in [-0.25, -0.2) is 14.6 Å². The van der Waals surface area contributed by atoms with E-state index < -0.39 is 18.1 Å². The number of hydrogen-bond donors (Lipinski definition) is 3. The minimum absolute atomic E-state index is 0.000337. The van der Waals surface area contributed by atoms with Gasteiger partial charge < -0.3 is 14.8 Å². The van der Waals surface area contributed by atoms with E-state index in [1.165, 1.54) is 0 Å². The lowest BCUT2D eigenvalue weighted by molar-refractivity contribution is -0.143. The number of hydrogen-bond acceptors (Lipinski definition) is 4. The number of carboxylic acids is 1. The maximum Gasteiger partial charge on any atom is 0.408 e. The molecule has 4 aromatic rings. The lowest BCUT2D eigenvalue weighted by atomic mass is 10.0. The molecule has 1 aliphatic rings. The fraction of sp³-hybridized carbons (Fsp3) is 0.182. The van der Waals surface area contributed by atoms with E-state index in [1.807, 2.05) is 53.1 Å². The van der Waals surface area contributed by atoms with Crippen LogP contribution in [0.5, 0.6) is 0 Å². The van der Waals surface area contributed by atoms with Crippen LogP contribution >= 0.6 is 15.9 Å². The lowest BCUT2D eigenvalue weighted by Crippen LogP contribution is -2.48. The highest BCUT2D eigenvalue weighted by Gasteiger charge is 2.38. The van der Waals surface area contributed by atoms with Crippen molar-refractivity contribution < 1.29 is 19.8 Å². The molecule has 0 bridgehead atoms. The average Bonchev–Trinajstić information content (AvgIpc) is 3.34. The molecule has 0 saturated heterocycles. The van der Waals surface area contributed by atoms with Crippen LogP contribution < -0.4 is 0 Å². The van der Waals surface area contributed by atoms with E-state index >= 15 is 0 Å². The van der Waals surface area contributed by atoms with Crippen LogP contribution in [0.15, 0.2) is 53.0 Å². The van der Waals surface area contributed by atoms with E-state index in [-0.39, 0.29) is 13.0 Å². The first-order chi connectivity index (χ1) is 15.4. The zero-order valence-electron chi connectivity index (χ0n) is 16.7. The van der Waals surface area contributed by atoms with Gasteiger partial charge in [-0.05, 0) is 23.8 Å². The number of H-pyrrole nitrogens is 1. The molecule has 0 fully saturated rings. The van der Waals surface area contributed by atoms with Gasteiger partial charge in [0.1, 0.15) is 11.7 Å². The summed E-state index contributed by atoms with van der Waals surface area (Å²) in [6, 6.07) is 14.3. The number of aromatic nitrogens is 4. The molecule has 3 N–H and O–H groups in total. The number of rotatable bonds is 4. The molecular weight excluding hydrogens is 478 g/mol.